The molecule has 1 heterocycles. The number of hydrogen-bond donors (Lipinski definition) is 2. The van der Waals surface area contributed by atoms with Gasteiger partial charge in [0.05, 0.1) is 10.6 Å². The smallest absolute Gasteiger partial charge is 0.261 e. The minimum Gasteiger partial charge on any atom is -0.298 e. The number of carbonyl (C=O) groups excluding carboxylic acids is 1. The van der Waals surface area contributed by atoms with E-state index in [1.807, 2.05) is 47.8 Å². The molecule has 0 aliphatic carbocycles. The lowest BCUT2D eigenvalue weighted by molar-refractivity contribution is 0.102. The molecule has 0 bridgehead atoms. The highest BCUT2D eigenvalue weighted by Gasteiger charge is 2.15. The number of anilines is 2. The summed E-state index contributed by atoms with van der Waals surface area (Å²) in [6.07, 6.45) is 0. The van der Waals surface area contributed by atoms with Crippen molar-refractivity contribution in [2.75, 3.05) is 10.0 Å². The van der Waals surface area contributed by atoms with Crippen molar-refractivity contribution in [2.24, 2.45) is 0 Å². The van der Waals surface area contributed by atoms with Crippen molar-refractivity contribution >= 4 is 38.1 Å². The number of nitrogens with zero attached hydrogens (tertiary/aromatic N) is 1. The zero-order chi connectivity index (χ0) is 25.0. The van der Waals surface area contributed by atoms with Gasteiger partial charge in [-0.25, -0.2) is 13.4 Å². The molecule has 0 unspecified atom stereocenters. The summed E-state index contributed by atoms with van der Waals surface area (Å²) < 4.78 is 27.7. The number of carbonyl (C=O) groups is 1. The van der Waals surface area contributed by atoms with Gasteiger partial charge in [-0.1, -0.05) is 78.9 Å². The van der Waals surface area contributed by atoms with Gasteiger partial charge in [-0.05, 0) is 41.5 Å². The molecule has 5 aromatic rings. The molecule has 178 valence electrons. The van der Waals surface area contributed by atoms with Crippen LogP contribution < -0.4 is 10.0 Å². The molecule has 0 aliphatic rings. The van der Waals surface area contributed by atoms with Crippen LogP contribution in [0.3, 0.4) is 0 Å². The Morgan fingerprint density at radius 1 is 0.722 bits per heavy atom. The van der Waals surface area contributed by atoms with Crippen LogP contribution in [-0.4, -0.2) is 19.3 Å². The second kappa shape index (κ2) is 10.2. The lowest BCUT2D eigenvalue weighted by atomic mass is 10.0. The van der Waals surface area contributed by atoms with Crippen LogP contribution in [0.25, 0.3) is 22.4 Å². The van der Waals surface area contributed by atoms with E-state index in [0.29, 0.717) is 16.4 Å². The van der Waals surface area contributed by atoms with Crippen molar-refractivity contribution in [2.45, 2.75) is 4.90 Å². The Morgan fingerprint density at radius 2 is 1.36 bits per heavy atom. The Hall–Kier alpha value is -4.27. The van der Waals surface area contributed by atoms with E-state index in [-0.39, 0.29) is 10.8 Å². The quantitative estimate of drug-likeness (QED) is 0.260. The standard InChI is InChI=1S/C28H21N3O3S2/c32-27(23-10-7-11-24(18-23)31-36(33,34)25-12-5-2-6-13-25)30-28-29-26(19-35-28)22-16-14-21(15-17-22)20-8-3-1-4-9-20/h1-19,31H,(H,29,30,32). The molecule has 0 fully saturated rings. The summed E-state index contributed by atoms with van der Waals surface area (Å²) in [4.78, 5) is 17.5. The van der Waals surface area contributed by atoms with E-state index in [2.05, 4.69) is 27.2 Å². The number of nitrogens with one attached hydrogen (secondary N) is 2. The topological polar surface area (TPSA) is 88.2 Å². The maximum absolute atomic E-state index is 12.8. The minimum absolute atomic E-state index is 0.145. The zero-order valence-electron chi connectivity index (χ0n) is 19.0. The third-order valence-electron chi connectivity index (χ3n) is 5.44. The fourth-order valence-electron chi connectivity index (χ4n) is 3.63. The highest BCUT2D eigenvalue weighted by molar-refractivity contribution is 7.92. The van der Waals surface area contributed by atoms with Gasteiger partial charge in [0, 0.05) is 22.2 Å². The van der Waals surface area contributed by atoms with Crippen molar-refractivity contribution in [1.29, 1.82) is 0 Å². The Bertz CT molecular complexity index is 1600. The molecule has 0 spiro atoms. The molecule has 0 atom stereocenters. The summed E-state index contributed by atoms with van der Waals surface area (Å²) in [5, 5.41) is 5.14. The maximum Gasteiger partial charge on any atom is 0.261 e. The number of aromatic nitrogens is 1. The van der Waals surface area contributed by atoms with Crippen LogP contribution >= 0.6 is 11.3 Å². The number of sulfonamides is 1. The molecular formula is C28H21N3O3S2. The molecule has 36 heavy (non-hydrogen) atoms. The predicted octanol–water partition coefficient (Wildman–Crippen LogP) is 6.53. The number of thiazole rings is 1. The van der Waals surface area contributed by atoms with Gasteiger partial charge in [-0.15, -0.1) is 11.3 Å². The molecule has 5 rings (SSSR count). The SMILES string of the molecule is O=C(Nc1nc(-c2ccc(-c3ccccc3)cc2)cs1)c1cccc(NS(=O)(=O)c2ccccc2)c1. The van der Waals surface area contributed by atoms with Crippen molar-refractivity contribution in [3.8, 4) is 22.4 Å². The molecule has 1 amide bonds. The lowest BCUT2D eigenvalue weighted by Crippen LogP contribution is -2.15. The Morgan fingerprint density at radius 3 is 2.08 bits per heavy atom. The van der Waals surface area contributed by atoms with Gasteiger partial charge >= 0.3 is 0 Å². The van der Waals surface area contributed by atoms with Crippen molar-refractivity contribution in [3.63, 3.8) is 0 Å². The van der Waals surface area contributed by atoms with Gasteiger partial charge in [0.2, 0.25) is 0 Å². The van der Waals surface area contributed by atoms with Gasteiger partial charge in [-0.2, -0.15) is 0 Å². The molecule has 1 aromatic heterocycles. The van der Waals surface area contributed by atoms with E-state index >= 15 is 0 Å². The fraction of sp³-hybridized carbons (Fsp3) is 0. The van der Waals surface area contributed by atoms with Crippen LogP contribution in [0, 0.1) is 0 Å². The molecule has 4 aromatic carbocycles. The van der Waals surface area contributed by atoms with Gasteiger partial charge in [0.1, 0.15) is 0 Å². The third-order valence-corrected chi connectivity index (χ3v) is 7.60. The maximum atomic E-state index is 12.8. The van der Waals surface area contributed by atoms with Gasteiger partial charge in [-0.3, -0.25) is 14.8 Å². The molecule has 0 radical (unpaired) electrons. The number of rotatable bonds is 7. The zero-order valence-corrected chi connectivity index (χ0v) is 20.6. The first kappa shape index (κ1) is 23.5. The van der Waals surface area contributed by atoms with Gasteiger partial charge < -0.3 is 0 Å². The van der Waals surface area contributed by atoms with E-state index in [1.165, 1.54) is 29.5 Å². The number of benzene rings is 4. The Labute approximate surface area is 213 Å². The predicted molar refractivity (Wildman–Crippen MR) is 145 cm³/mol. The fourth-order valence-corrected chi connectivity index (χ4v) is 5.42. The number of hydrogen-bond acceptors (Lipinski definition) is 5. The van der Waals surface area contributed by atoms with Crippen LogP contribution in [0.5, 0.6) is 0 Å². The summed E-state index contributed by atoms with van der Waals surface area (Å²) in [7, 11) is -3.75. The summed E-state index contributed by atoms with van der Waals surface area (Å²) in [6, 6.07) is 32.6. The van der Waals surface area contributed by atoms with Crippen LogP contribution in [0.2, 0.25) is 0 Å². The van der Waals surface area contributed by atoms with Crippen molar-refractivity contribution < 1.29 is 13.2 Å². The first-order chi connectivity index (χ1) is 17.5. The second-order valence-corrected chi connectivity index (χ2v) is 10.5. The van der Waals surface area contributed by atoms with E-state index in [1.54, 1.807) is 36.4 Å². The highest BCUT2D eigenvalue weighted by atomic mass is 32.2. The number of amides is 1. The average molecular weight is 512 g/mol. The van der Waals surface area contributed by atoms with Crippen molar-refractivity contribution in [1.82, 2.24) is 4.98 Å². The summed E-state index contributed by atoms with van der Waals surface area (Å²) >= 11 is 1.32. The summed E-state index contributed by atoms with van der Waals surface area (Å²) in [5.41, 5.74) is 4.58. The van der Waals surface area contributed by atoms with Crippen LogP contribution in [0.4, 0.5) is 10.8 Å². The molecule has 0 aliphatic heterocycles. The van der Waals surface area contributed by atoms with E-state index in [9.17, 15) is 13.2 Å². The van der Waals surface area contributed by atoms with Crippen molar-refractivity contribution in [3.05, 3.63) is 120 Å². The summed E-state index contributed by atoms with van der Waals surface area (Å²) in [5.74, 6) is -0.379. The first-order valence-electron chi connectivity index (χ1n) is 11.1. The second-order valence-electron chi connectivity index (χ2n) is 7.93. The molecule has 0 saturated heterocycles. The lowest BCUT2D eigenvalue weighted by Gasteiger charge is -2.09. The molecule has 2 N–H and O–H groups in total. The minimum atomic E-state index is -3.75. The van der Waals surface area contributed by atoms with Crippen LogP contribution in [-0.2, 0) is 10.0 Å². The first-order valence-corrected chi connectivity index (χ1v) is 13.4. The Kier molecular flexibility index (Phi) is 6.62. The molecule has 0 saturated carbocycles. The van der Waals surface area contributed by atoms with Crippen LogP contribution in [0.15, 0.2) is 119 Å². The largest absolute Gasteiger partial charge is 0.298 e. The monoisotopic (exact) mass is 511 g/mol. The summed E-state index contributed by atoms with van der Waals surface area (Å²) in [6.45, 7) is 0. The van der Waals surface area contributed by atoms with Crippen LogP contribution in [0.1, 0.15) is 10.4 Å². The van der Waals surface area contributed by atoms with E-state index in [0.717, 1.165) is 22.4 Å². The third kappa shape index (κ3) is 5.35. The molecule has 6 nitrogen and oxygen atoms in total. The highest BCUT2D eigenvalue weighted by Crippen LogP contribution is 2.28. The van der Waals surface area contributed by atoms with Gasteiger partial charge in [0.25, 0.3) is 15.9 Å². The van der Waals surface area contributed by atoms with E-state index in [4.69, 9.17) is 0 Å². The molecular weight excluding hydrogens is 490 g/mol. The van der Waals surface area contributed by atoms with E-state index < -0.39 is 10.0 Å². The normalized spacial score (nSPS) is 11.1. The molecule has 8 heteroatoms. The van der Waals surface area contributed by atoms with Gasteiger partial charge in [0.15, 0.2) is 5.13 Å². The Balaban J connectivity index is 1.27. The average Bonchev–Trinajstić information content (AvgIpc) is 3.38.